The third-order valence-corrected chi connectivity index (χ3v) is 4.44. The molecule has 0 radical (unpaired) electrons. The van der Waals surface area contributed by atoms with E-state index in [1.165, 1.54) is 0 Å². The van der Waals surface area contributed by atoms with Gasteiger partial charge in [-0.15, -0.1) is 0 Å². The van der Waals surface area contributed by atoms with Crippen LogP contribution in [0.1, 0.15) is 22.5 Å². The van der Waals surface area contributed by atoms with Crippen molar-refractivity contribution in [1.29, 1.82) is 0 Å². The lowest BCUT2D eigenvalue weighted by Crippen LogP contribution is -2.14. The number of hydrogen-bond acceptors (Lipinski definition) is 4. The zero-order valence-corrected chi connectivity index (χ0v) is 13.7. The Morgan fingerprint density at radius 3 is 2.71 bits per heavy atom. The molecule has 6 nitrogen and oxygen atoms in total. The van der Waals surface area contributed by atoms with Gasteiger partial charge in [0.25, 0.3) is 0 Å². The average Bonchev–Trinajstić information content (AvgIpc) is 2.73. The summed E-state index contributed by atoms with van der Waals surface area (Å²) >= 11 is 3.51. The van der Waals surface area contributed by atoms with Crippen molar-refractivity contribution in [3.05, 3.63) is 45.2 Å². The highest BCUT2D eigenvalue weighted by molar-refractivity contribution is 9.10. The van der Waals surface area contributed by atoms with Crippen LogP contribution in [0.2, 0.25) is 0 Å². The number of ether oxygens (including phenoxy) is 1. The lowest BCUT2D eigenvalue weighted by Gasteiger charge is -2.11. The molecule has 7 heteroatoms. The SMILES string of the molecule is COc1ccc(/C(N)=N/O)cc1Cn1nc(C)c(Br)c1C. The third-order valence-electron chi connectivity index (χ3n) is 3.30. The van der Waals surface area contributed by atoms with Gasteiger partial charge in [0.1, 0.15) is 5.75 Å². The van der Waals surface area contributed by atoms with E-state index in [1.54, 1.807) is 19.2 Å². The Bertz CT molecular complexity index is 695. The Hall–Kier alpha value is -2.02. The van der Waals surface area contributed by atoms with Gasteiger partial charge in [-0.1, -0.05) is 5.16 Å². The standard InChI is InChI=1S/C14H17BrN4O2/c1-8-13(15)9(2)19(17-8)7-11-6-10(14(16)18-20)4-5-12(11)21-3/h4-6,20H,7H2,1-3H3,(H2,16,18). The lowest BCUT2D eigenvalue weighted by molar-refractivity contribution is 0.318. The number of aryl methyl sites for hydroxylation is 1. The Morgan fingerprint density at radius 2 is 2.19 bits per heavy atom. The summed E-state index contributed by atoms with van der Waals surface area (Å²) in [5, 5.41) is 16.3. The van der Waals surface area contributed by atoms with Crippen LogP contribution in [0.25, 0.3) is 0 Å². The Kier molecular flexibility index (Phi) is 4.52. The molecule has 0 atom stereocenters. The van der Waals surface area contributed by atoms with Crippen molar-refractivity contribution in [3.63, 3.8) is 0 Å². The molecule has 2 aromatic rings. The summed E-state index contributed by atoms with van der Waals surface area (Å²) in [5.74, 6) is 0.793. The number of nitrogens with two attached hydrogens (primary N) is 1. The van der Waals surface area contributed by atoms with Gasteiger partial charge in [0, 0.05) is 11.1 Å². The zero-order chi connectivity index (χ0) is 15.6. The normalized spacial score (nSPS) is 11.7. The molecule has 1 aromatic heterocycles. The van der Waals surface area contributed by atoms with E-state index in [-0.39, 0.29) is 5.84 Å². The van der Waals surface area contributed by atoms with E-state index < -0.39 is 0 Å². The van der Waals surface area contributed by atoms with Gasteiger partial charge in [-0.2, -0.15) is 5.10 Å². The number of methoxy groups -OCH3 is 1. The Balaban J connectivity index is 2.44. The van der Waals surface area contributed by atoms with Crippen LogP contribution in [0, 0.1) is 13.8 Å². The molecule has 0 aliphatic rings. The van der Waals surface area contributed by atoms with Crippen molar-refractivity contribution < 1.29 is 9.94 Å². The number of aromatic nitrogens is 2. The van der Waals surface area contributed by atoms with Crippen LogP contribution >= 0.6 is 15.9 Å². The molecule has 0 saturated heterocycles. The molecule has 112 valence electrons. The second-order valence-corrected chi connectivity index (χ2v) is 5.45. The molecule has 0 amide bonds. The fourth-order valence-electron chi connectivity index (χ4n) is 2.11. The first kappa shape index (κ1) is 15.4. The molecule has 0 fully saturated rings. The highest BCUT2D eigenvalue weighted by Gasteiger charge is 2.13. The van der Waals surface area contributed by atoms with Crippen LogP contribution in [-0.2, 0) is 6.54 Å². The molecule has 0 aliphatic carbocycles. The molecule has 3 N–H and O–H groups in total. The van der Waals surface area contributed by atoms with Crippen LogP contribution < -0.4 is 10.5 Å². The summed E-state index contributed by atoms with van der Waals surface area (Å²) < 4.78 is 8.24. The van der Waals surface area contributed by atoms with Gasteiger partial charge >= 0.3 is 0 Å². The van der Waals surface area contributed by atoms with Crippen molar-refractivity contribution >= 4 is 21.8 Å². The van der Waals surface area contributed by atoms with Crippen molar-refractivity contribution in [2.75, 3.05) is 7.11 Å². The summed E-state index contributed by atoms with van der Waals surface area (Å²) in [6.07, 6.45) is 0. The van der Waals surface area contributed by atoms with E-state index in [9.17, 15) is 0 Å². The first-order valence-electron chi connectivity index (χ1n) is 6.32. The van der Waals surface area contributed by atoms with E-state index in [0.29, 0.717) is 12.1 Å². The summed E-state index contributed by atoms with van der Waals surface area (Å²) in [5.41, 5.74) is 9.13. The summed E-state index contributed by atoms with van der Waals surface area (Å²) in [4.78, 5) is 0. The summed E-state index contributed by atoms with van der Waals surface area (Å²) in [6.45, 7) is 4.47. The van der Waals surface area contributed by atoms with Crippen molar-refractivity contribution in [1.82, 2.24) is 9.78 Å². The van der Waals surface area contributed by atoms with Crippen LogP contribution in [-0.4, -0.2) is 27.9 Å². The lowest BCUT2D eigenvalue weighted by atomic mass is 10.1. The first-order valence-corrected chi connectivity index (χ1v) is 7.11. The highest BCUT2D eigenvalue weighted by Crippen LogP contribution is 2.24. The number of oxime groups is 1. The van der Waals surface area contributed by atoms with E-state index in [1.807, 2.05) is 24.6 Å². The minimum absolute atomic E-state index is 0.0634. The average molecular weight is 353 g/mol. The summed E-state index contributed by atoms with van der Waals surface area (Å²) in [7, 11) is 1.61. The van der Waals surface area contributed by atoms with Crippen molar-refractivity contribution in [2.24, 2.45) is 10.9 Å². The summed E-state index contributed by atoms with van der Waals surface area (Å²) in [6, 6.07) is 5.37. The van der Waals surface area contributed by atoms with Crippen molar-refractivity contribution in [3.8, 4) is 5.75 Å². The van der Waals surface area contributed by atoms with E-state index in [2.05, 4.69) is 26.2 Å². The van der Waals surface area contributed by atoms with E-state index >= 15 is 0 Å². The number of hydrogen-bond donors (Lipinski definition) is 2. The maximum absolute atomic E-state index is 8.79. The van der Waals surface area contributed by atoms with Crippen LogP contribution in [0.4, 0.5) is 0 Å². The van der Waals surface area contributed by atoms with E-state index in [4.69, 9.17) is 15.7 Å². The van der Waals surface area contributed by atoms with Gasteiger partial charge < -0.3 is 15.7 Å². The number of nitrogens with zero attached hydrogens (tertiary/aromatic N) is 3. The monoisotopic (exact) mass is 352 g/mol. The second-order valence-electron chi connectivity index (χ2n) is 4.65. The molecular weight excluding hydrogens is 336 g/mol. The van der Waals surface area contributed by atoms with Crippen LogP contribution in [0.3, 0.4) is 0 Å². The quantitative estimate of drug-likeness (QED) is 0.383. The number of amidine groups is 1. The van der Waals surface area contributed by atoms with Crippen LogP contribution in [0.5, 0.6) is 5.75 Å². The van der Waals surface area contributed by atoms with Gasteiger partial charge in [-0.25, -0.2) is 0 Å². The molecule has 0 unspecified atom stereocenters. The second kappa shape index (κ2) is 6.17. The molecule has 0 bridgehead atoms. The number of rotatable bonds is 4. The molecule has 21 heavy (non-hydrogen) atoms. The maximum atomic E-state index is 8.79. The van der Waals surface area contributed by atoms with Crippen LogP contribution in [0.15, 0.2) is 27.8 Å². The first-order chi connectivity index (χ1) is 9.97. The largest absolute Gasteiger partial charge is 0.496 e. The molecule has 2 rings (SSSR count). The van der Waals surface area contributed by atoms with Gasteiger partial charge in [0.15, 0.2) is 5.84 Å². The van der Waals surface area contributed by atoms with Crippen molar-refractivity contribution in [2.45, 2.75) is 20.4 Å². The molecule has 1 aromatic carbocycles. The van der Waals surface area contributed by atoms with Gasteiger partial charge in [0.05, 0.1) is 29.5 Å². The molecule has 1 heterocycles. The number of benzene rings is 1. The van der Waals surface area contributed by atoms with Gasteiger partial charge in [-0.3, -0.25) is 4.68 Å². The smallest absolute Gasteiger partial charge is 0.170 e. The zero-order valence-electron chi connectivity index (χ0n) is 12.1. The van der Waals surface area contributed by atoms with Gasteiger partial charge in [0.2, 0.25) is 0 Å². The predicted molar refractivity (Wildman–Crippen MR) is 84.0 cm³/mol. The number of halogens is 1. The Labute approximate surface area is 131 Å². The van der Waals surface area contributed by atoms with Gasteiger partial charge in [-0.05, 0) is 48.0 Å². The molecular formula is C14H17BrN4O2. The fourth-order valence-corrected chi connectivity index (χ4v) is 2.39. The molecule has 0 aliphatic heterocycles. The molecule has 0 spiro atoms. The Morgan fingerprint density at radius 1 is 1.48 bits per heavy atom. The maximum Gasteiger partial charge on any atom is 0.170 e. The predicted octanol–water partition coefficient (Wildman–Crippen LogP) is 2.41. The minimum atomic E-state index is 0.0634. The molecule has 0 saturated carbocycles. The fraction of sp³-hybridized carbons (Fsp3) is 0.286. The topological polar surface area (TPSA) is 85.7 Å². The highest BCUT2D eigenvalue weighted by atomic mass is 79.9. The third kappa shape index (κ3) is 3.02. The minimum Gasteiger partial charge on any atom is -0.496 e. The van der Waals surface area contributed by atoms with E-state index in [0.717, 1.165) is 27.2 Å².